The minimum Gasteiger partial charge on any atom is -0.445 e. The molecule has 4 heteroatoms. The standard InChI is InChI=1S/C9H13NO3/c1-2-5-12-8(11)10-4-3-9(6-10)7-13-9/h2H,1,3-7H2. The van der Waals surface area contributed by atoms with Crippen molar-refractivity contribution in [3.8, 4) is 0 Å². The maximum absolute atomic E-state index is 11.3. The van der Waals surface area contributed by atoms with E-state index >= 15 is 0 Å². The van der Waals surface area contributed by atoms with Gasteiger partial charge in [0, 0.05) is 6.54 Å². The molecule has 0 N–H and O–H groups in total. The summed E-state index contributed by atoms with van der Waals surface area (Å²) in [6, 6.07) is 0. The molecule has 1 spiro atoms. The molecule has 2 rings (SSSR count). The zero-order valence-corrected chi connectivity index (χ0v) is 7.49. The summed E-state index contributed by atoms with van der Waals surface area (Å²) in [5, 5.41) is 0. The van der Waals surface area contributed by atoms with Crippen LogP contribution < -0.4 is 0 Å². The van der Waals surface area contributed by atoms with Crippen LogP contribution in [0.15, 0.2) is 12.7 Å². The fourth-order valence-electron chi connectivity index (χ4n) is 1.56. The Morgan fingerprint density at radius 2 is 2.54 bits per heavy atom. The molecule has 0 bridgehead atoms. The Kier molecular flexibility index (Phi) is 2.00. The van der Waals surface area contributed by atoms with Crippen molar-refractivity contribution in [2.75, 3.05) is 26.3 Å². The van der Waals surface area contributed by atoms with Crippen LogP contribution in [-0.4, -0.2) is 42.9 Å². The van der Waals surface area contributed by atoms with E-state index in [1.807, 2.05) is 0 Å². The molecule has 4 nitrogen and oxygen atoms in total. The Balaban J connectivity index is 1.81. The smallest absolute Gasteiger partial charge is 0.410 e. The third kappa shape index (κ3) is 1.67. The van der Waals surface area contributed by atoms with Gasteiger partial charge in [-0.1, -0.05) is 12.7 Å². The molecule has 1 atom stereocenters. The van der Waals surface area contributed by atoms with E-state index in [0.29, 0.717) is 6.54 Å². The fraction of sp³-hybridized carbons (Fsp3) is 0.667. The van der Waals surface area contributed by atoms with Crippen LogP contribution in [-0.2, 0) is 9.47 Å². The second-order valence-corrected chi connectivity index (χ2v) is 3.51. The number of hydrogen-bond donors (Lipinski definition) is 0. The lowest BCUT2D eigenvalue weighted by molar-refractivity contribution is 0.118. The Hall–Kier alpha value is -1.03. The zero-order chi connectivity index (χ0) is 9.31. The lowest BCUT2D eigenvalue weighted by atomic mass is 10.1. The first-order chi connectivity index (χ1) is 6.26. The minimum absolute atomic E-state index is 0.00675. The van der Waals surface area contributed by atoms with Gasteiger partial charge in [-0.05, 0) is 6.42 Å². The zero-order valence-electron chi connectivity index (χ0n) is 7.49. The molecule has 0 radical (unpaired) electrons. The van der Waals surface area contributed by atoms with Crippen LogP contribution in [0.5, 0.6) is 0 Å². The van der Waals surface area contributed by atoms with Crippen molar-refractivity contribution in [1.82, 2.24) is 4.90 Å². The van der Waals surface area contributed by atoms with Crippen LogP contribution in [0, 0.1) is 0 Å². The van der Waals surface area contributed by atoms with Gasteiger partial charge in [0.05, 0.1) is 13.2 Å². The largest absolute Gasteiger partial charge is 0.445 e. The molecule has 72 valence electrons. The Morgan fingerprint density at radius 1 is 1.77 bits per heavy atom. The van der Waals surface area contributed by atoms with E-state index in [4.69, 9.17) is 9.47 Å². The molecule has 2 heterocycles. The molecule has 0 aromatic heterocycles. The van der Waals surface area contributed by atoms with Gasteiger partial charge in [0.1, 0.15) is 12.2 Å². The third-order valence-electron chi connectivity index (χ3n) is 2.45. The second-order valence-electron chi connectivity index (χ2n) is 3.51. The van der Waals surface area contributed by atoms with E-state index in [0.717, 1.165) is 19.6 Å². The number of ether oxygens (including phenoxy) is 2. The van der Waals surface area contributed by atoms with Gasteiger partial charge in [0.25, 0.3) is 0 Å². The summed E-state index contributed by atoms with van der Waals surface area (Å²) in [5.74, 6) is 0. The molecule has 2 aliphatic heterocycles. The third-order valence-corrected chi connectivity index (χ3v) is 2.45. The average Bonchev–Trinajstić information content (AvgIpc) is 2.73. The van der Waals surface area contributed by atoms with Crippen molar-refractivity contribution in [1.29, 1.82) is 0 Å². The molecule has 1 amide bonds. The van der Waals surface area contributed by atoms with Gasteiger partial charge in [-0.2, -0.15) is 0 Å². The van der Waals surface area contributed by atoms with Gasteiger partial charge in [-0.15, -0.1) is 0 Å². The van der Waals surface area contributed by atoms with Crippen LogP contribution in [0.2, 0.25) is 0 Å². The van der Waals surface area contributed by atoms with Crippen molar-refractivity contribution in [3.63, 3.8) is 0 Å². The number of amides is 1. The first-order valence-corrected chi connectivity index (χ1v) is 4.42. The first-order valence-electron chi connectivity index (χ1n) is 4.42. The lowest BCUT2D eigenvalue weighted by Crippen LogP contribution is -2.30. The minimum atomic E-state index is -0.257. The quantitative estimate of drug-likeness (QED) is 0.469. The van der Waals surface area contributed by atoms with E-state index in [1.54, 1.807) is 11.0 Å². The number of likely N-dealkylation sites (tertiary alicyclic amines) is 1. The molecule has 13 heavy (non-hydrogen) atoms. The molecular weight excluding hydrogens is 170 g/mol. The average molecular weight is 183 g/mol. The molecule has 2 saturated heterocycles. The SMILES string of the molecule is C=CCOC(=O)N1CCC2(CO2)C1. The van der Waals surface area contributed by atoms with Crippen molar-refractivity contribution < 1.29 is 14.3 Å². The van der Waals surface area contributed by atoms with Crippen molar-refractivity contribution >= 4 is 6.09 Å². The number of carbonyl (C=O) groups is 1. The van der Waals surface area contributed by atoms with Gasteiger partial charge in [0.2, 0.25) is 0 Å². The fourth-order valence-corrected chi connectivity index (χ4v) is 1.56. The Morgan fingerprint density at radius 3 is 3.08 bits per heavy atom. The number of rotatable bonds is 2. The maximum atomic E-state index is 11.3. The summed E-state index contributed by atoms with van der Waals surface area (Å²) in [4.78, 5) is 13.0. The van der Waals surface area contributed by atoms with Crippen molar-refractivity contribution in [3.05, 3.63) is 12.7 Å². The summed E-state index contributed by atoms with van der Waals surface area (Å²) < 4.78 is 10.2. The number of carbonyl (C=O) groups excluding carboxylic acids is 1. The molecule has 0 aromatic carbocycles. The number of epoxide rings is 1. The van der Waals surface area contributed by atoms with E-state index < -0.39 is 0 Å². The summed E-state index contributed by atoms with van der Waals surface area (Å²) in [6.07, 6.45) is 2.25. The normalized spacial score (nSPS) is 30.6. The Bertz CT molecular complexity index is 235. The van der Waals surface area contributed by atoms with Crippen LogP contribution >= 0.6 is 0 Å². The predicted octanol–water partition coefficient (Wildman–Crippen LogP) is 0.784. The van der Waals surface area contributed by atoms with Gasteiger partial charge < -0.3 is 14.4 Å². The molecule has 2 aliphatic rings. The monoisotopic (exact) mass is 183 g/mol. The molecule has 0 aliphatic carbocycles. The number of nitrogens with zero attached hydrogens (tertiary/aromatic N) is 1. The van der Waals surface area contributed by atoms with Crippen molar-refractivity contribution in [2.24, 2.45) is 0 Å². The van der Waals surface area contributed by atoms with E-state index in [9.17, 15) is 4.79 Å². The van der Waals surface area contributed by atoms with Gasteiger partial charge in [-0.25, -0.2) is 4.79 Å². The molecule has 1 unspecified atom stereocenters. The highest BCUT2D eigenvalue weighted by molar-refractivity contribution is 5.68. The maximum Gasteiger partial charge on any atom is 0.410 e. The molecule has 0 saturated carbocycles. The van der Waals surface area contributed by atoms with E-state index in [1.165, 1.54) is 0 Å². The van der Waals surface area contributed by atoms with Crippen LogP contribution in [0.1, 0.15) is 6.42 Å². The van der Waals surface area contributed by atoms with Crippen molar-refractivity contribution in [2.45, 2.75) is 12.0 Å². The van der Waals surface area contributed by atoms with Gasteiger partial charge in [-0.3, -0.25) is 0 Å². The van der Waals surface area contributed by atoms with E-state index in [-0.39, 0.29) is 18.3 Å². The highest BCUT2D eigenvalue weighted by Gasteiger charge is 2.51. The highest BCUT2D eigenvalue weighted by atomic mass is 16.6. The Labute approximate surface area is 77.1 Å². The molecular formula is C9H13NO3. The number of hydrogen-bond acceptors (Lipinski definition) is 3. The summed E-state index contributed by atoms with van der Waals surface area (Å²) >= 11 is 0. The lowest BCUT2D eigenvalue weighted by Gasteiger charge is -2.14. The molecule has 0 aromatic rings. The van der Waals surface area contributed by atoms with Gasteiger partial charge >= 0.3 is 6.09 Å². The summed E-state index contributed by atoms with van der Waals surface area (Å²) in [7, 11) is 0. The second kappa shape index (κ2) is 3.03. The van der Waals surface area contributed by atoms with Gasteiger partial charge in [0.15, 0.2) is 0 Å². The predicted molar refractivity (Wildman–Crippen MR) is 46.4 cm³/mol. The topological polar surface area (TPSA) is 42.1 Å². The highest BCUT2D eigenvalue weighted by Crippen LogP contribution is 2.36. The summed E-state index contributed by atoms with van der Waals surface area (Å²) in [5.41, 5.74) is -0.00675. The first kappa shape index (κ1) is 8.56. The van der Waals surface area contributed by atoms with Crippen LogP contribution in [0.4, 0.5) is 4.79 Å². The van der Waals surface area contributed by atoms with Crippen LogP contribution in [0.3, 0.4) is 0 Å². The van der Waals surface area contributed by atoms with E-state index in [2.05, 4.69) is 6.58 Å². The summed E-state index contributed by atoms with van der Waals surface area (Å²) in [6.45, 7) is 5.98. The molecule has 2 fully saturated rings. The van der Waals surface area contributed by atoms with Crippen LogP contribution in [0.25, 0.3) is 0 Å².